The van der Waals surface area contributed by atoms with Crippen LogP contribution in [0.5, 0.6) is 28.7 Å². The summed E-state index contributed by atoms with van der Waals surface area (Å²) in [6.07, 6.45) is -0.704. The number of rotatable bonds is 4. The number of benzene rings is 2. The first-order chi connectivity index (χ1) is 10.2. The fraction of sp³-hybridized carbons (Fsp3) is 0.250. The molecular formula is C16H16O5. The third-order valence-electron chi connectivity index (χ3n) is 3.24. The van der Waals surface area contributed by atoms with E-state index in [4.69, 9.17) is 18.9 Å². The van der Waals surface area contributed by atoms with Gasteiger partial charge >= 0.3 is 0 Å². The maximum Gasteiger partial charge on any atom is 0.231 e. The lowest BCUT2D eigenvalue weighted by Crippen LogP contribution is -2.00. The molecule has 0 fully saturated rings. The summed E-state index contributed by atoms with van der Waals surface area (Å²) in [4.78, 5) is 0. The Bertz CT molecular complexity index is 651. The van der Waals surface area contributed by atoms with Crippen LogP contribution in [0, 0.1) is 0 Å². The molecule has 1 N–H and O–H groups in total. The fourth-order valence-electron chi connectivity index (χ4n) is 2.27. The Labute approximate surface area is 122 Å². The molecule has 0 bridgehead atoms. The van der Waals surface area contributed by atoms with E-state index in [-0.39, 0.29) is 6.79 Å². The molecule has 3 rings (SSSR count). The van der Waals surface area contributed by atoms with Crippen LogP contribution < -0.4 is 18.9 Å². The van der Waals surface area contributed by atoms with Crippen molar-refractivity contribution in [1.82, 2.24) is 0 Å². The van der Waals surface area contributed by atoms with Crippen LogP contribution in [0.15, 0.2) is 36.4 Å². The van der Waals surface area contributed by atoms with E-state index in [1.165, 1.54) is 0 Å². The maximum absolute atomic E-state index is 9.94. The highest BCUT2D eigenvalue weighted by Gasteiger charge is 2.18. The van der Waals surface area contributed by atoms with Crippen molar-refractivity contribution in [2.75, 3.05) is 13.9 Å². The largest absolute Gasteiger partial charge is 0.496 e. The molecule has 1 heterocycles. The van der Waals surface area contributed by atoms with Gasteiger partial charge in [0, 0.05) is 6.07 Å². The highest BCUT2D eigenvalue weighted by atomic mass is 16.7. The minimum Gasteiger partial charge on any atom is -0.496 e. The van der Waals surface area contributed by atoms with Crippen LogP contribution in [0.3, 0.4) is 0 Å². The quantitative estimate of drug-likeness (QED) is 0.935. The number of hydrogen-bond acceptors (Lipinski definition) is 5. The Balaban J connectivity index is 1.94. The predicted octanol–water partition coefficient (Wildman–Crippen LogP) is 3.27. The molecule has 5 nitrogen and oxygen atoms in total. The van der Waals surface area contributed by atoms with Gasteiger partial charge in [0.2, 0.25) is 6.79 Å². The molecule has 0 radical (unpaired) electrons. The van der Waals surface area contributed by atoms with Crippen molar-refractivity contribution in [2.45, 2.75) is 13.0 Å². The zero-order valence-electron chi connectivity index (χ0n) is 11.8. The molecule has 1 atom stereocenters. The van der Waals surface area contributed by atoms with Crippen molar-refractivity contribution < 1.29 is 24.1 Å². The number of aliphatic hydroxyl groups is 1. The molecule has 0 amide bonds. The molecule has 0 saturated heterocycles. The van der Waals surface area contributed by atoms with Gasteiger partial charge in [0.1, 0.15) is 17.2 Å². The lowest BCUT2D eigenvalue weighted by atomic mass is 10.1. The molecule has 5 heteroatoms. The SMILES string of the molecule is COc1cccc(Oc2ccc3c(c2)OCO3)c1C(C)O. The van der Waals surface area contributed by atoms with Gasteiger partial charge in [0.05, 0.1) is 18.8 Å². The Morgan fingerprint density at radius 2 is 1.86 bits per heavy atom. The van der Waals surface area contributed by atoms with Crippen LogP contribution in [0.1, 0.15) is 18.6 Å². The van der Waals surface area contributed by atoms with E-state index in [1.807, 2.05) is 6.07 Å². The van der Waals surface area contributed by atoms with E-state index in [0.29, 0.717) is 34.3 Å². The van der Waals surface area contributed by atoms with E-state index in [1.54, 1.807) is 44.4 Å². The zero-order chi connectivity index (χ0) is 14.8. The molecule has 110 valence electrons. The van der Waals surface area contributed by atoms with Gasteiger partial charge in [0.15, 0.2) is 11.5 Å². The Morgan fingerprint density at radius 3 is 2.62 bits per heavy atom. The first-order valence-corrected chi connectivity index (χ1v) is 6.61. The summed E-state index contributed by atoms with van der Waals surface area (Å²) in [6, 6.07) is 10.7. The number of ether oxygens (including phenoxy) is 4. The molecule has 0 saturated carbocycles. The standard InChI is InChI=1S/C16H16O5/c1-10(17)16-13(18-2)4-3-5-14(16)21-11-6-7-12-15(8-11)20-9-19-12/h3-8,10,17H,9H2,1-2H3. The summed E-state index contributed by atoms with van der Waals surface area (Å²) in [5, 5.41) is 9.94. The number of hydrogen-bond donors (Lipinski definition) is 1. The summed E-state index contributed by atoms with van der Waals surface area (Å²) in [5.74, 6) is 3.08. The normalized spacial score (nSPS) is 13.9. The second-order valence-electron chi connectivity index (χ2n) is 4.67. The minimum absolute atomic E-state index is 0.219. The van der Waals surface area contributed by atoms with Gasteiger partial charge in [-0.1, -0.05) is 6.07 Å². The molecule has 1 aliphatic rings. The van der Waals surface area contributed by atoms with Crippen molar-refractivity contribution in [3.8, 4) is 28.7 Å². The van der Waals surface area contributed by atoms with Crippen LogP contribution in [-0.4, -0.2) is 19.0 Å². The van der Waals surface area contributed by atoms with Crippen LogP contribution in [0.4, 0.5) is 0 Å². The lowest BCUT2D eigenvalue weighted by molar-refractivity contribution is 0.174. The van der Waals surface area contributed by atoms with Gasteiger partial charge in [-0.3, -0.25) is 0 Å². The summed E-state index contributed by atoms with van der Waals surface area (Å²) in [5.41, 5.74) is 0.609. The van der Waals surface area contributed by atoms with Crippen LogP contribution in [0.25, 0.3) is 0 Å². The first-order valence-electron chi connectivity index (χ1n) is 6.61. The van der Waals surface area contributed by atoms with Crippen molar-refractivity contribution in [2.24, 2.45) is 0 Å². The van der Waals surface area contributed by atoms with Crippen molar-refractivity contribution >= 4 is 0 Å². The number of aliphatic hydroxyl groups excluding tert-OH is 1. The summed E-state index contributed by atoms with van der Waals surface area (Å²) < 4.78 is 21.7. The predicted molar refractivity (Wildman–Crippen MR) is 76.3 cm³/mol. The van der Waals surface area contributed by atoms with E-state index in [2.05, 4.69) is 0 Å². The van der Waals surface area contributed by atoms with Crippen LogP contribution >= 0.6 is 0 Å². The summed E-state index contributed by atoms with van der Waals surface area (Å²) in [6.45, 7) is 1.89. The van der Waals surface area contributed by atoms with Crippen molar-refractivity contribution in [3.05, 3.63) is 42.0 Å². The molecule has 21 heavy (non-hydrogen) atoms. The van der Waals surface area contributed by atoms with Crippen molar-refractivity contribution in [3.63, 3.8) is 0 Å². The Kier molecular flexibility index (Phi) is 3.58. The molecule has 1 unspecified atom stereocenters. The van der Waals surface area contributed by atoms with Gasteiger partial charge in [0.25, 0.3) is 0 Å². The van der Waals surface area contributed by atoms with Gasteiger partial charge in [-0.25, -0.2) is 0 Å². The summed E-state index contributed by atoms with van der Waals surface area (Å²) >= 11 is 0. The molecule has 1 aliphatic heterocycles. The molecule has 2 aromatic rings. The lowest BCUT2D eigenvalue weighted by Gasteiger charge is -2.16. The third kappa shape index (κ3) is 2.60. The van der Waals surface area contributed by atoms with Crippen LogP contribution in [-0.2, 0) is 0 Å². The summed E-state index contributed by atoms with van der Waals surface area (Å²) in [7, 11) is 1.56. The van der Waals surface area contributed by atoms with E-state index < -0.39 is 6.10 Å². The highest BCUT2D eigenvalue weighted by molar-refractivity contribution is 5.51. The zero-order valence-corrected chi connectivity index (χ0v) is 11.8. The number of fused-ring (bicyclic) bond motifs is 1. The second kappa shape index (κ2) is 5.54. The Morgan fingerprint density at radius 1 is 1.10 bits per heavy atom. The smallest absolute Gasteiger partial charge is 0.231 e. The first kappa shape index (κ1) is 13.6. The monoisotopic (exact) mass is 288 g/mol. The molecule has 0 aliphatic carbocycles. The average Bonchev–Trinajstić information content (AvgIpc) is 2.94. The highest BCUT2D eigenvalue weighted by Crippen LogP contribution is 2.40. The molecule has 0 spiro atoms. The number of methoxy groups -OCH3 is 1. The maximum atomic E-state index is 9.94. The van der Waals surface area contributed by atoms with E-state index in [9.17, 15) is 5.11 Å². The van der Waals surface area contributed by atoms with Gasteiger partial charge in [-0.05, 0) is 31.2 Å². The molecular weight excluding hydrogens is 272 g/mol. The topological polar surface area (TPSA) is 57.2 Å². The van der Waals surface area contributed by atoms with Gasteiger partial charge < -0.3 is 24.1 Å². The van der Waals surface area contributed by atoms with E-state index in [0.717, 1.165) is 0 Å². The third-order valence-corrected chi connectivity index (χ3v) is 3.24. The second-order valence-corrected chi connectivity index (χ2v) is 4.67. The average molecular weight is 288 g/mol. The fourth-order valence-corrected chi connectivity index (χ4v) is 2.27. The Hall–Kier alpha value is -2.40. The molecule has 0 aromatic heterocycles. The van der Waals surface area contributed by atoms with Crippen molar-refractivity contribution in [1.29, 1.82) is 0 Å². The van der Waals surface area contributed by atoms with Gasteiger partial charge in [-0.15, -0.1) is 0 Å². The van der Waals surface area contributed by atoms with Crippen LogP contribution in [0.2, 0.25) is 0 Å². The van der Waals surface area contributed by atoms with E-state index >= 15 is 0 Å². The molecule has 2 aromatic carbocycles. The minimum atomic E-state index is -0.704. The van der Waals surface area contributed by atoms with Gasteiger partial charge in [-0.2, -0.15) is 0 Å².